The van der Waals surface area contributed by atoms with Crippen LogP contribution < -0.4 is 9.64 Å². The average molecular weight is 386 g/mol. The Labute approximate surface area is 160 Å². The second kappa shape index (κ2) is 7.72. The van der Waals surface area contributed by atoms with Crippen molar-refractivity contribution >= 4 is 17.7 Å². The van der Waals surface area contributed by atoms with Crippen molar-refractivity contribution < 1.29 is 22.7 Å². The zero-order valence-electron chi connectivity index (χ0n) is 15.2. The van der Waals surface area contributed by atoms with Crippen LogP contribution in [0.15, 0.2) is 60.8 Å². The van der Waals surface area contributed by atoms with Gasteiger partial charge in [0.25, 0.3) is 0 Å². The van der Waals surface area contributed by atoms with Gasteiger partial charge in [0, 0.05) is 36.1 Å². The van der Waals surface area contributed by atoms with Crippen molar-refractivity contribution in [2.75, 3.05) is 19.1 Å². The van der Waals surface area contributed by atoms with Crippen LogP contribution in [0.1, 0.15) is 15.9 Å². The molecule has 4 nitrogen and oxygen atoms in total. The van der Waals surface area contributed by atoms with Gasteiger partial charge in [-0.2, -0.15) is 13.2 Å². The third-order valence-corrected chi connectivity index (χ3v) is 4.34. The van der Waals surface area contributed by atoms with Gasteiger partial charge in [-0.1, -0.05) is 0 Å². The number of ether oxygens (including phenoxy) is 1. The van der Waals surface area contributed by atoms with Crippen LogP contribution in [0.4, 0.5) is 24.5 Å². The number of hydrogen-bond donors (Lipinski definition) is 0. The van der Waals surface area contributed by atoms with Crippen molar-refractivity contribution in [3.05, 3.63) is 71.9 Å². The molecule has 1 heterocycles. The van der Waals surface area contributed by atoms with E-state index in [4.69, 9.17) is 4.74 Å². The number of alkyl halides is 3. The van der Waals surface area contributed by atoms with Crippen molar-refractivity contribution in [3.63, 3.8) is 0 Å². The Morgan fingerprint density at radius 3 is 2.36 bits per heavy atom. The number of rotatable bonds is 5. The topological polar surface area (TPSA) is 42.4 Å². The van der Waals surface area contributed by atoms with E-state index in [1.165, 1.54) is 19.2 Å². The molecule has 7 heteroatoms. The zero-order chi connectivity index (χ0) is 20.3. The summed E-state index contributed by atoms with van der Waals surface area (Å²) in [7, 11) is 3.28. The molecule has 0 spiro atoms. The Morgan fingerprint density at radius 2 is 1.75 bits per heavy atom. The summed E-state index contributed by atoms with van der Waals surface area (Å²) < 4.78 is 43.7. The maximum atomic E-state index is 12.8. The molecule has 0 N–H and O–H groups in total. The molecular weight excluding hydrogens is 369 g/mol. The van der Waals surface area contributed by atoms with Gasteiger partial charge in [0.05, 0.1) is 24.1 Å². The Hall–Kier alpha value is -3.35. The van der Waals surface area contributed by atoms with E-state index in [0.717, 1.165) is 18.4 Å². The van der Waals surface area contributed by atoms with Crippen LogP contribution in [-0.4, -0.2) is 25.4 Å². The fourth-order valence-electron chi connectivity index (χ4n) is 2.82. The highest BCUT2D eigenvalue weighted by molar-refractivity contribution is 5.86. The van der Waals surface area contributed by atoms with Crippen LogP contribution in [0, 0.1) is 0 Å². The van der Waals surface area contributed by atoms with E-state index in [2.05, 4.69) is 4.98 Å². The van der Waals surface area contributed by atoms with Gasteiger partial charge in [-0.25, -0.2) is 0 Å². The lowest BCUT2D eigenvalue weighted by atomic mass is 10.0. The molecule has 144 valence electrons. The summed E-state index contributed by atoms with van der Waals surface area (Å²) in [6.07, 6.45) is -2.08. The van der Waals surface area contributed by atoms with Crippen molar-refractivity contribution in [2.45, 2.75) is 6.18 Å². The van der Waals surface area contributed by atoms with E-state index in [0.29, 0.717) is 33.9 Å². The molecule has 2 aromatic carbocycles. The molecule has 0 saturated heterocycles. The summed E-state index contributed by atoms with van der Waals surface area (Å²) >= 11 is 0. The molecule has 0 radical (unpaired) electrons. The molecule has 0 amide bonds. The van der Waals surface area contributed by atoms with Crippen molar-refractivity contribution in [3.8, 4) is 17.0 Å². The number of anilines is 2. The summed E-state index contributed by atoms with van der Waals surface area (Å²) in [4.78, 5) is 17.3. The summed E-state index contributed by atoms with van der Waals surface area (Å²) in [5.41, 5.74) is 2.24. The SMILES string of the molecule is COc1ccnc(-c2cc(C=O)ccc2N(C)c2ccc(C(F)(F)F)cc2)c1. The van der Waals surface area contributed by atoms with E-state index in [1.54, 1.807) is 48.5 Å². The van der Waals surface area contributed by atoms with E-state index in [9.17, 15) is 18.0 Å². The fraction of sp³-hybridized carbons (Fsp3) is 0.143. The van der Waals surface area contributed by atoms with Crippen LogP contribution in [-0.2, 0) is 6.18 Å². The summed E-state index contributed by atoms with van der Waals surface area (Å²) in [5.74, 6) is 0.602. The molecule has 3 aromatic rings. The molecule has 3 rings (SSSR count). The molecule has 0 aliphatic carbocycles. The van der Waals surface area contributed by atoms with Crippen LogP contribution in [0.2, 0.25) is 0 Å². The Kier molecular flexibility index (Phi) is 5.35. The number of nitrogens with zero attached hydrogens (tertiary/aromatic N) is 2. The molecule has 28 heavy (non-hydrogen) atoms. The first-order valence-electron chi connectivity index (χ1n) is 8.34. The van der Waals surface area contributed by atoms with Crippen molar-refractivity contribution in [2.24, 2.45) is 0 Å². The largest absolute Gasteiger partial charge is 0.497 e. The monoisotopic (exact) mass is 386 g/mol. The number of hydrogen-bond acceptors (Lipinski definition) is 4. The fourth-order valence-corrected chi connectivity index (χ4v) is 2.82. The number of aromatic nitrogens is 1. The van der Waals surface area contributed by atoms with Gasteiger partial charge in [-0.3, -0.25) is 9.78 Å². The minimum absolute atomic E-state index is 0.462. The maximum Gasteiger partial charge on any atom is 0.416 e. The first-order valence-corrected chi connectivity index (χ1v) is 8.34. The third-order valence-electron chi connectivity index (χ3n) is 4.34. The summed E-state index contributed by atoms with van der Waals surface area (Å²) in [6.45, 7) is 0. The van der Waals surface area contributed by atoms with Gasteiger partial charge in [0.15, 0.2) is 0 Å². The highest BCUT2D eigenvalue weighted by Gasteiger charge is 2.30. The minimum atomic E-state index is -4.39. The molecule has 0 saturated carbocycles. The van der Waals surface area contributed by atoms with Crippen molar-refractivity contribution in [1.82, 2.24) is 4.98 Å². The summed E-state index contributed by atoms with van der Waals surface area (Å²) in [5, 5.41) is 0. The first-order chi connectivity index (χ1) is 13.3. The number of carbonyl (C=O) groups is 1. The van der Waals surface area contributed by atoms with Crippen LogP contribution >= 0.6 is 0 Å². The number of aldehydes is 1. The lowest BCUT2D eigenvalue weighted by Crippen LogP contribution is -2.12. The number of benzene rings is 2. The number of methoxy groups -OCH3 is 1. The lowest BCUT2D eigenvalue weighted by molar-refractivity contribution is -0.137. The molecule has 0 bridgehead atoms. The standard InChI is InChI=1S/C21H17F3N2O2/c1-26(16-6-4-15(5-7-16)21(22,23)24)20-8-3-14(13-27)11-18(20)19-12-17(28-2)9-10-25-19/h3-13H,1-2H3. The highest BCUT2D eigenvalue weighted by Crippen LogP contribution is 2.36. The molecule has 0 unspecified atom stereocenters. The molecular formula is C21H17F3N2O2. The molecule has 0 aliphatic heterocycles. The smallest absolute Gasteiger partial charge is 0.416 e. The van der Waals surface area contributed by atoms with E-state index >= 15 is 0 Å². The zero-order valence-corrected chi connectivity index (χ0v) is 15.2. The van der Waals surface area contributed by atoms with Gasteiger partial charge in [0.1, 0.15) is 12.0 Å². The van der Waals surface area contributed by atoms with Gasteiger partial charge >= 0.3 is 6.18 Å². The maximum absolute atomic E-state index is 12.8. The lowest BCUT2D eigenvalue weighted by Gasteiger charge is -2.23. The van der Waals surface area contributed by atoms with Crippen molar-refractivity contribution in [1.29, 1.82) is 0 Å². The minimum Gasteiger partial charge on any atom is -0.497 e. The van der Waals surface area contributed by atoms with Gasteiger partial charge in [0.2, 0.25) is 0 Å². The molecule has 0 aliphatic rings. The van der Waals surface area contributed by atoms with Crippen LogP contribution in [0.25, 0.3) is 11.3 Å². The van der Waals surface area contributed by atoms with Gasteiger partial charge in [-0.15, -0.1) is 0 Å². The van der Waals surface area contributed by atoms with Gasteiger partial charge in [-0.05, 0) is 48.5 Å². The molecule has 1 aromatic heterocycles. The summed E-state index contributed by atoms with van der Waals surface area (Å²) in [6, 6.07) is 13.4. The van der Waals surface area contributed by atoms with E-state index in [-0.39, 0.29) is 0 Å². The Balaban J connectivity index is 2.06. The number of pyridine rings is 1. The van der Waals surface area contributed by atoms with E-state index in [1.807, 2.05) is 0 Å². The second-order valence-corrected chi connectivity index (χ2v) is 6.08. The van der Waals surface area contributed by atoms with Crippen LogP contribution in [0.5, 0.6) is 5.75 Å². The normalized spacial score (nSPS) is 11.2. The Morgan fingerprint density at radius 1 is 1.04 bits per heavy atom. The number of halogens is 3. The number of carbonyl (C=O) groups excluding carboxylic acids is 1. The second-order valence-electron chi connectivity index (χ2n) is 6.08. The van der Waals surface area contributed by atoms with E-state index < -0.39 is 11.7 Å². The molecule has 0 fully saturated rings. The van der Waals surface area contributed by atoms with Gasteiger partial charge < -0.3 is 9.64 Å². The first kappa shape index (κ1) is 19.4. The molecule has 0 atom stereocenters. The predicted octanol–water partition coefficient (Wildman–Crippen LogP) is 5.36. The average Bonchev–Trinajstić information content (AvgIpc) is 2.72. The highest BCUT2D eigenvalue weighted by atomic mass is 19.4. The Bertz CT molecular complexity index is 986. The predicted molar refractivity (Wildman–Crippen MR) is 101 cm³/mol. The van der Waals surface area contributed by atoms with Crippen LogP contribution in [0.3, 0.4) is 0 Å². The third kappa shape index (κ3) is 3.98. The quantitative estimate of drug-likeness (QED) is 0.554.